The lowest BCUT2D eigenvalue weighted by molar-refractivity contribution is 0.518. The summed E-state index contributed by atoms with van der Waals surface area (Å²) in [6, 6.07) is 0. The van der Waals surface area contributed by atoms with Gasteiger partial charge in [-0.3, -0.25) is 0 Å². The summed E-state index contributed by atoms with van der Waals surface area (Å²) in [4.78, 5) is 0. The maximum atomic E-state index is 5.99. The zero-order chi connectivity index (χ0) is 7.83. The predicted octanol–water partition coefficient (Wildman–Crippen LogP) is 1.36. The lowest BCUT2D eigenvalue weighted by atomic mass is 9.36. The third-order valence-electron chi connectivity index (χ3n) is 2.57. The molecule has 0 bridgehead atoms. The highest BCUT2D eigenvalue weighted by Crippen LogP contribution is 2.55. The van der Waals surface area contributed by atoms with Gasteiger partial charge in [-0.05, 0) is 0 Å². The monoisotopic (exact) mass is 128 g/mol. The fraction of sp³-hybridized carbons (Fsp3) is 1.00. The molecule has 3 heteroatoms. The van der Waals surface area contributed by atoms with Gasteiger partial charge in [-0.15, -0.1) is 5.21 Å². The van der Waals surface area contributed by atoms with E-state index in [4.69, 9.17) is 23.5 Å². The van der Waals surface area contributed by atoms with Crippen molar-refractivity contribution in [3.05, 3.63) is 0 Å². The van der Waals surface area contributed by atoms with E-state index in [1.54, 1.807) is 6.92 Å². The van der Waals surface area contributed by atoms with Crippen molar-refractivity contribution >= 4 is 23.5 Å². The molecule has 10 heavy (non-hydrogen) atoms. The van der Waals surface area contributed by atoms with Gasteiger partial charge in [0.15, 0.2) is 0 Å². The summed E-state index contributed by atoms with van der Waals surface area (Å²) in [6.07, 6.45) is 4.27. The Kier molecular flexibility index (Phi) is 1.95. The van der Waals surface area contributed by atoms with Crippen molar-refractivity contribution in [2.45, 2.75) is 43.1 Å². The smallest absolute Gasteiger partial charge is 0.0733 e. The molecule has 0 aliphatic heterocycles. The first-order valence-electron chi connectivity index (χ1n) is 3.82. The van der Waals surface area contributed by atoms with Gasteiger partial charge >= 0.3 is 0 Å². The molecule has 0 N–H and O–H groups in total. The van der Waals surface area contributed by atoms with E-state index in [1.807, 2.05) is 0 Å². The quantitative estimate of drug-likeness (QED) is 0.467. The molecule has 0 atom stereocenters. The predicted molar refractivity (Wildman–Crippen MR) is 46.8 cm³/mol. The summed E-state index contributed by atoms with van der Waals surface area (Å²) in [5.41, 5.74) is 0. The second kappa shape index (κ2) is 2.35. The van der Waals surface area contributed by atoms with E-state index < -0.39 is 5.21 Å². The highest BCUT2D eigenvalue weighted by atomic mass is 14.3. The van der Waals surface area contributed by atoms with Crippen LogP contribution in [0.3, 0.4) is 0 Å². The molecule has 0 nitrogen and oxygen atoms in total. The van der Waals surface area contributed by atoms with Gasteiger partial charge in [0, 0.05) is 0 Å². The van der Waals surface area contributed by atoms with Crippen LogP contribution in [0.4, 0.5) is 0 Å². The van der Waals surface area contributed by atoms with Gasteiger partial charge in [0.25, 0.3) is 0 Å². The third kappa shape index (κ3) is 1.28. The van der Waals surface area contributed by atoms with Gasteiger partial charge in [0.05, 0.1) is 23.5 Å². The first-order valence-corrected chi connectivity index (χ1v) is 3.82. The number of hydrogen-bond donors (Lipinski definition) is 0. The van der Waals surface area contributed by atoms with Crippen LogP contribution in [-0.2, 0) is 0 Å². The zero-order valence-electron chi connectivity index (χ0n) is 6.56. The van der Waals surface area contributed by atoms with Crippen molar-refractivity contribution in [3.63, 3.8) is 0 Å². The molecule has 1 saturated carbocycles. The van der Waals surface area contributed by atoms with Crippen molar-refractivity contribution in [1.29, 1.82) is 0 Å². The summed E-state index contributed by atoms with van der Waals surface area (Å²) in [5, 5.41) is -1.02. The first kappa shape index (κ1) is 8.29. The molecule has 48 valence electrons. The van der Waals surface area contributed by atoms with E-state index >= 15 is 0 Å². The van der Waals surface area contributed by atoms with Gasteiger partial charge in [-0.25, -0.2) is 0 Å². The van der Waals surface area contributed by atoms with Crippen LogP contribution in [0.5, 0.6) is 0 Å². The third-order valence-corrected chi connectivity index (χ3v) is 2.57. The normalized spacial score (nSPS) is 24.9. The Morgan fingerprint density at radius 3 is 1.80 bits per heavy atom. The minimum absolute atomic E-state index is 0.312. The van der Waals surface area contributed by atoms with Crippen LogP contribution in [0.15, 0.2) is 0 Å². The maximum Gasteiger partial charge on any atom is 0.0733 e. The second-order valence-electron chi connectivity index (χ2n) is 3.65. The molecule has 1 fully saturated rings. The lowest BCUT2D eigenvalue weighted by Crippen LogP contribution is -2.26. The Balaban J connectivity index is 2.67. The van der Waals surface area contributed by atoms with Crippen LogP contribution in [0.2, 0.25) is 10.5 Å². The molecular formula is C7H11B3. The summed E-state index contributed by atoms with van der Waals surface area (Å²) in [5.74, 6) is 0. The van der Waals surface area contributed by atoms with Crippen LogP contribution >= 0.6 is 0 Å². The van der Waals surface area contributed by atoms with Crippen LogP contribution in [0.1, 0.15) is 32.6 Å². The fourth-order valence-corrected chi connectivity index (χ4v) is 1.54. The Labute approximate surface area is 67.4 Å². The van der Waals surface area contributed by atoms with E-state index in [0.29, 0.717) is 0 Å². The standard InChI is InChI=1S/C7H11B3/c1-6(8,9)7(10)4-2-3-5-7/h2-5H2,1H3. The van der Waals surface area contributed by atoms with Crippen molar-refractivity contribution in [3.8, 4) is 0 Å². The summed E-state index contributed by atoms with van der Waals surface area (Å²) in [7, 11) is 17.4. The molecule has 1 rings (SSSR count). The average molecular weight is 128 g/mol. The minimum atomic E-state index is -0.705. The summed E-state index contributed by atoms with van der Waals surface area (Å²) in [6.45, 7) is 1.80. The summed E-state index contributed by atoms with van der Waals surface area (Å²) < 4.78 is 0. The van der Waals surface area contributed by atoms with Gasteiger partial charge in [0.1, 0.15) is 0 Å². The Morgan fingerprint density at radius 1 is 1.20 bits per heavy atom. The topological polar surface area (TPSA) is 0 Å². The molecular weight excluding hydrogens is 117 g/mol. The fourth-order valence-electron chi connectivity index (χ4n) is 1.54. The molecule has 0 amide bonds. The van der Waals surface area contributed by atoms with Crippen molar-refractivity contribution in [1.82, 2.24) is 0 Å². The Bertz CT molecular complexity index is 119. The molecule has 0 aromatic heterocycles. The lowest BCUT2D eigenvalue weighted by Gasteiger charge is -2.40. The van der Waals surface area contributed by atoms with E-state index in [-0.39, 0.29) is 5.31 Å². The van der Waals surface area contributed by atoms with Crippen molar-refractivity contribution < 1.29 is 0 Å². The Hall–Kier alpha value is 0.195. The molecule has 0 spiro atoms. The molecule has 0 aromatic rings. The van der Waals surface area contributed by atoms with Crippen LogP contribution < -0.4 is 0 Å². The zero-order valence-corrected chi connectivity index (χ0v) is 6.56. The summed E-state index contributed by atoms with van der Waals surface area (Å²) >= 11 is 0. The number of hydrogen-bond acceptors (Lipinski definition) is 0. The maximum absolute atomic E-state index is 5.99. The van der Waals surface area contributed by atoms with E-state index in [1.165, 1.54) is 12.8 Å². The van der Waals surface area contributed by atoms with Gasteiger partial charge in [-0.2, -0.15) is 0 Å². The molecule has 0 saturated heterocycles. The second-order valence-corrected chi connectivity index (χ2v) is 3.65. The Morgan fingerprint density at radius 2 is 1.60 bits per heavy atom. The first-order chi connectivity index (χ1) is 4.46. The van der Waals surface area contributed by atoms with Crippen LogP contribution in [0, 0.1) is 0 Å². The van der Waals surface area contributed by atoms with Crippen LogP contribution in [0.25, 0.3) is 0 Å². The largest absolute Gasteiger partial charge is 0.104 e. The van der Waals surface area contributed by atoms with E-state index in [9.17, 15) is 0 Å². The van der Waals surface area contributed by atoms with E-state index in [0.717, 1.165) is 12.8 Å². The number of rotatable bonds is 1. The highest BCUT2D eigenvalue weighted by Gasteiger charge is 2.37. The van der Waals surface area contributed by atoms with Crippen molar-refractivity contribution in [2.24, 2.45) is 0 Å². The van der Waals surface area contributed by atoms with Crippen molar-refractivity contribution in [2.75, 3.05) is 0 Å². The van der Waals surface area contributed by atoms with Gasteiger partial charge in [0.2, 0.25) is 0 Å². The SMILES string of the molecule is [B]C([B])(C)C1([B])CCCC1. The van der Waals surface area contributed by atoms with Crippen LogP contribution in [-0.4, -0.2) is 23.5 Å². The average Bonchev–Trinajstić information content (AvgIpc) is 2.13. The molecule has 0 heterocycles. The molecule has 1 aliphatic rings. The molecule has 0 aromatic carbocycles. The molecule has 0 unspecified atom stereocenters. The highest BCUT2D eigenvalue weighted by molar-refractivity contribution is 6.44. The molecule has 1 aliphatic carbocycles. The van der Waals surface area contributed by atoms with E-state index in [2.05, 4.69) is 0 Å². The molecule has 6 radical (unpaired) electrons. The van der Waals surface area contributed by atoms with Gasteiger partial charge in [-0.1, -0.05) is 37.9 Å². The minimum Gasteiger partial charge on any atom is -0.104 e. The van der Waals surface area contributed by atoms with Gasteiger partial charge < -0.3 is 0 Å².